The molecule has 0 spiro atoms. The minimum Gasteiger partial charge on any atom is -0.497 e. The number of rotatable bonds is 6. The standard InChI is InChI=1S/C23H23FO5/c1-13-19(12-21(25)28-4)20-10-15(24)6-7-18(20)22(13)23(29-5)14-8-16(26-2)11-17(9-14)27-3/h6-11H,12H2,1-5H3. The molecule has 0 heterocycles. The van der Waals surface area contributed by atoms with Crippen LogP contribution < -0.4 is 9.47 Å². The Morgan fingerprint density at radius 1 is 0.897 bits per heavy atom. The van der Waals surface area contributed by atoms with Gasteiger partial charge in [0.05, 0.1) is 34.9 Å². The van der Waals surface area contributed by atoms with Crippen LogP contribution >= 0.6 is 0 Å². The fraction of sp³-hybridized carbons (Fsp3) is 0.261. The molecular formula is C23H23FO5. The van der Waals surface area contributed by atoms with Crippen LogP contribution in [0.5, 0.6) is 11.5 Å². The van der Waals surface area contributed by atoms with E-state index in [1.807, 2.05) is 19.1 Å². The largest absolute Gasteiger partial charge is 0.497 e. The Hall–Kier alpha value is -3.28. The number of carbonyl (C=O) groups excluding carboxylic acids is 1. The van der Waals surface area contributed by atoms with E-state index in [-0.39, 0.29) is 12.2 Å². The molecule has 0 atom stereocenters. The second-order valence-corrected chi connectivity index (χ2v) is 6.56. The van der Waals surface area contributed by atoms with Gasteiger partial charge < -0.3 is 18.9 Å². The molecule has 0 N–H and O–H groups in total. The number of benzene rings is 2. The molecule has 0 bridgehead atoms. The van der Waals surface area contributed by atoms with Gasteiger partial charge in [-0.15, -0.1) is 0 Å². The number of allylic oxidation sites excluding steroid dienone is 2. The minimum absolute atomic E-state index is 0.0424. The van der Waals surface area contributed by atoms with Crippen molar-refractivity contribution >= 4 is 22.9 Å². The SMILES string of the molecule is COC(=O)CC1=C(C)C(=C(OC)c2cc(OC)cc(OC)c2)c2ccc(F)cc21. The zero-order valence-electron chi connectivity index (χ0n) is 17.1. The molecule has 1 aliphatic rings. The topological polar surface area (TPSA) is 54.0 Å². The van der Waals surface area contributed by atoms with Gasteiger partial charge in [0.2, 0.25) is 0 Å². The lowest BCUT2D eigenvalue weighted by molar-refractivity contribution is -0.139. The molecule has 0 saturated heterocycles. The van der Waals surface area contributed by atoms with Crippen LogP contribution in [0.1, 0.15) is 30.0 Å². The highest BCUT2D eigenvalue weighted by molar-refractivity contribution is 6.09. The Kier molecular flexibility index (Phi) is 5.92. The molecule has 6 heteroatoms. The zero-order valence-corrected chi connectivity index (χ0v) is 17.1. The van der Waals surface area contributed by atoms with Gasteiger partial charge >= 0.3 is 5.97 Å². The number of fused-ring (bicyclic) bond motifs is 1. The van der Waals surface area contributed by atoms with Gasteiger partial charge in [0.25, 0.3) is 0 Å². The van der Waals surface area contributed by atoms with Gasteiger partial charge in [0, 0.05) is 17.2 Å². The molecule has 0 saturated carbocycles. The van der Waals surface area contributed by atoms with Crippen molar-refractivity contribution in [1.82, 2.24) is 0 Å². The van der Waals surface area contributed by atoms with Crippen molar-refractivity contribution in [2.24, 2.45) is 0 Å². The van der Waals surface area contributed by atoms with Crippen LogP contribution in [0.3, 0.4) is 0 Å². The maximum atomic E-state index is 14.0. The van der Waals surface area contributed by atoms with Crippen molar-refractivity contribution in [3.05, 3.63) is 64.5 Å². The highest BCUT2D eigenvalue weighted by Crippen LogP contribution is 2.47. The normalized spacial score (nSPS) is 14.4. The first-order valence-corrected chi connectivity index (χ1v) is 9.02. The Morgan fingerprint density at radius 3 is 2.10 bits per heavy atom. The number of methoxy groups -OCH3 is 4. The third-order valence-electron chi connectivity index (χ3n) is 5.00. The summed E-state index contributed by atoms with van der Waals surface area (Å²) >= 11 is 0. The van der Waals surface area contributed by atoms with E-state index in [2.05, 4.69) is 0 Å². The van der Waals surface area contributed by atoms with Crippen molar-refractivity contribution < 1.29 is 28.1 Å². The maximum Gasteiger partial charge on any atom is 0.310 e. The maximum absolute atomic E-state index is 14.0. The van der Waals surface area contributed by atoms with E-state index in [1.54, 1.807) is 33.5 Å². The Balaban J connectivity index is 2.29. The van der Waals surface area contributed by atoms with E-state index in [9.17, 15) is 9.18 Å². The Labute approximate surface area is 169 Å². The monoisotopic (exact) mass is 398 g/mol. The molecular weight excluding hydrogens is 375 g/mol. The second kappa shape index (κ2) is 8.39. The van der Waals surface area contributed by atoms with E-state index in [0.29, 0.717) is 28.4 Å². The lowest BCUT2D eigenvalue weighted by Gasteiger charge is -2.15. The average molecular weight is 398 g/mol. The summed E-state index contributed by atoms with van der Waals surface area (Å²) in [6.45, 7) is 1.89. The zero-order chi connectivity index (χ0) is 21.1. The van der Waals surface area contributed by atoms with Crippen LogP contribution in [0.4, 0.5) is 4.39 Å². The molecule has 0 radical (unpaired) electrons. The van der Waals surface area contributed by atoms with Crippen LogP contribution in [0, 0.1) is 5.82 Å². The third-order valence-corrected chi connectivity index (χ3v) is 5.00. The second-order valence-electron chi connectivity index (χ2n) is 6.56. The van der Waals surface area contributed by atoms with Gasteiger partial charge in [-0.2, -0.15) is 0 Å². The molecule has 0 aliphatic heterocycles. The van der Waals surface area contributed by atoms with E-state index in [0.717, 1.165) is 22.3 Å². The summed E-state index contributed by atoms with van der Waals surface area (Å²) in [6.07, 6.45) is 0.0424. The van der Waals surface area contributed by atoms with Gasteiger partial charge in [0.1, 0.15) is 23.1 Å². The average Bonchev–Trinajstić information content (AvgIpc) is 2.99. The molecule has 2 aromatic rings. The fourth-order valence-electron chi connectivity index (χ4n) is 3.58. The molecule has 2 aromatic carbocycles. The number of carbonyl (C=O) groups is 1. The minimum atomic E-state index is -0.391. The highest BCUT2D eigenvalue weighted by Gasteiger charge is 2.29. The highest BCUT2D eigenvalue weighted by atomic mass is 19.1. The summed E-state index contributed by atoms with van der Waals surface area (Å²) < 4.78 is 35.3. The third kappa shape index (κ3) is 3.83. The van der Waals surface area contributed by atoms with E-state index < -0.39 is 5.97 Å². The molecule has 5 nitrogen and oxygen atoms in total. The number of hydrogen-bond acceptors (Lipinski definition) is 5. The van der Waals surface area contributed by atoms with Crippen LogP contribution in [0.25, 0.3) is 16.9 Å². The van der Waals surface area contributed by atoms with Crippen molar-refractivity contribution in [3.63, 3.8) is 0 Å². The Morgan fingerprint density at radius 2 is 1.55 bits per heavy atom. The van der Waals surface area contributed by atoms with Crippen molar-refractivity contribution in [1.29, 1.82) is 0 Å². The first-order valence-electron chi connectivity index (χ1n) is 9.02. The van der Waals surface area contributed by atoms with Crippen LogP contribution in [-0.4, -0.2) is 34.4 Å². The summed E-state index contributed by atoms with van der Waals surface area (Å²) in [4.78, 5) is 12.0. The van der Waals surface area contributed by atoms with Gasteiger partial charge in [-0.05, 0) is 53.5 Å². The lowest BCUT2D eigenvalue weighted by Crippen LogP contribution is -2.01. The molecule has 0 aromatic heterocycles. The summed E-state index contributed by atoms with van der Waals surface area (Å²) in [5.74, 6) is 1.04. The molecule has 29 heavy (non-hydrogen) atoms. The van der Waals surface area contributed by atoms with E-state index in [1.165, 1.54) is 19.2 Å². The first kappa shape index (κ1) is 20.5. The van der Waals surface area contributed by atoms with Crippen LogP contribution in [-0.2, 0) is 14.3 Å². The number of ether oxygens (including phenoxy) is 4. The van der Waals surface area contributed by atoms with Crippen molar-refractivity contribution in [2.45, 2.75) is 13.3 Å². The van der Waals surface area contributed by atoms with E-state index >= 15 is 0 Å². The molecule has 1 aliphatic carbocycles. The molecule has 0 fully saturated rings. The molecule has 152 valence electrons. The summed E-state index contributed by atoms with van der Waals surface area (Å²) in [7, 11) is 6.06. The van der Waals surface area contributed by atoms with Gasteiger partial charge in [-0.25, -0.2) is 4.39 Å². The summed E-state index contributed by atoms with van der Waals surface area (Å²) in [5, 5.41) is 0. The number of halogens is 1. The quantitative estimate of drug-likeness (QED) is 0.521. The Bertz CT molecular complexity index is 998. The predicted molar refractivity (Wildman–Crippen MR) is 109 cm³/mol. The first-order chi connectivity index (χ1) is 13.9. The van der Waals surface area contributed by atoms with Crippen LogP contribution in [0.2, 0.25) is 0 Å². The number of esters is 1. The number of hydrogen-bond donors (Lipinski definition) is 0. The predicted octanol–water partition coefficient (Wildman–Crippen LogP) is 4.71. The van der Waals surface area contributed by atoms with Gasteiger partial charge in [-0.3, -0.25) is 4.79 Å². The van der Waals surface area contributed by atoms with Crippen molar-refractivity contribution in [2.75, 3.05) is 28.4 Å². The summed E-state index contributed by atoms with van der Waals surface area (Å²) in [5.41, 5.74) is 4.53. The van der Waals surface area contributed by atoms with Crippen molar-refractivity contribution in [3.8, 4) is 11.5 Å². The molecule has 3 rings (SSSR count). The molecule has 0 unspecified atom stereocenters. The van der Waals surface area contributed by atoms with Gasteiger partial charge in [-0.1, -0.05) is 6.07 Å². The smallest absolute Gasteiger partial charge is 0.310 e. The van der Waals surface area contributed by atoms with Gasteiger partial charge in [0.15, 0.2) is 0 Å². The lowest BCUT2D eigenvalue weighted by atomic mass is 9.98. The van der Waals surface area contributed by atoms with E-state index in [4.69, 9.17) is 18.9 Å². The fourth-order valence-corrected chi connectivity index (χ4v) is 3.58. The van der Waals surface area contributed by atoms with Crippen LogP contribution in [0.15, 0.2) is 42.0 Å². The molecule has 0 amide bonds. The summed E-state index contributed by atoms with van der Waals surface area (Å²) in [6, 6.07) is 9.97.